The lowest BCUT2D eigenvalue weighted by Crippen LogP contribution is -2.35. The minimum Gasteiger partial charge on any atom is -0.496 e. The van der Waals surface area contributed by atoms with Gasteiger partial charge in [-0.2, -0.15) is 0 Å². The van der Waals surface area contributed by atoms with Crippen molar-refractivity contribution in [3.8, 4) is 22.6 Å². The van der Waals surface area contributed by atoms with E-state index in [-0.39, 0.29) is 0 Å². The van der Waals surface area contributed by atoms with Crippen LogP contribution < -0.4 is 14.8 Å². The predicted molar refractivity (Wildman–Crippen MR) is 105 cm³/mol. The summed E-state index contributed by atoms with van der Waals surface area (Å²) in [6.07, 6.45) is 0. The van der Waals surface area contributed by atoms with Crippen LogP contribution in [0.5, 0.6) is 11.5 Å². The molecular weight excluding hydrogens is 331 g/mol. The van der Waals surface area contributed by atoms with Crippen LogP contribution in [-0.4, -0.2) is 17.6 Å². The molecule has 0 amide bonds. The molecule has 3 rings (SSSR count). The van der Waals surface area contributed by atoms with Gasteiger partial charge in [0.1, 0.15) is 11.5 Å². The summed E-state index contributed by atoms with van der Waals surface area (Å²) in [6, 6.07) is 11.9. The molecule has 0 aromatic heterocycles. The Morgan fingerprint density at radius 3 is 2.32 bits per heavy atom. The fourth-order valence-corrected chi connectivity index (χ4v) is 8.04. The Bertz CT molecular complexity index is 875. The van der Waals surface area contributed by atoms with Crippen LogP contribution in [-0.2, 0) is 4.57 Å². The monoisotopic (exact) mass is 358 g/mol. The van der Waals surface area contributed by atoms with Crippen LogP contribution in [0.15, 0.2) is 36.4 Å². The molecular formula is C21H27O3P. The van der Waals surface area contributed by atoms with E-state index in [2.05, 4.69) is 13.0 Å². The standard InChI is InChI=1S/C21H27O3P/c1-14-10-8-12-16(23-7)18(14)15-11-9-13-17-19(15)25(22,20(2,3)4)21(5,6)24-17/h8-13H,1-7H3/t25-/m0/s1. The Morgan fingerprint density at radius 2 is 1.72 bits per heavy atom. The molecule has 0 N–H and O–H groups in total. The highest BCUT2D eigenvalue weighted by Gasteiger charge is 2.58. The third-order valence-electron chi connectivity index (χ3n) is 5.10. The van der Waals surface area contributed by atoms with Crippen LogP contribution in [0.25, 0.3) is 11.1 Å². The predicted octanol–water partition coefficient (Wildman–Crippen LogP) is 5.59. The SMILES string of the molecule is COc1cccc(C)c1-c1cccc2c1[P@](=O)(C(C)(C)C)C(C)(C)O2. The third kappa shape index (κ3) is 2.44. The molecule has 0 saturated carbocycles. The van der Waals surface area contributed by atoms with E-state index in [1.165, 1.54) is 0 Å². The van der Waals surface area contributed by atoms with Gasteiger partial charge < -0.3 is 14.0 Å². The van der Waals surface area contributed by atoms with E-state index in [4.69, 9.17) is 9.47 Å². The largest absolute Gasteiger partial charge is 0.496 e. The first-order valence-corrected chi connectivity index (χ1v) is 10.3. The molecule has 1 aliphatic heterocycles. The van der Waals surface area contributed by atoms with Crippen LogP contribution in [0.2, 0.25) is 0 Å². The molecule has 1 heterocycles. The Hall–Kier alpha value is -1.73. The molecule has 3 nitrogen and oxygen atoms in total. The van der Waals surface area contributed by atoms with Crippen molar-refractivity contribution in [1.82, 2.24) is 0 Å². The summed E-state index contributed by atoms with van der Waals surface area (Å²) >= 11 is 0. The third-order valence-corrected chi connectivity index (χ3v) is 9.69. The zero-order chi connectivity index (χ0) is 18.6. The van der Waals surface area contributed by atoms with Gasteiger partial charge in [0.25, 0.3) is 0 Å². The molecule has 0 aliphatic carbocycles. The van der Waals surface area contributed by atoms with Gasteiger partial charge in [0.15, 0.2) is 12.5 Å². The van der Waals surface area contributed by atoms with Gasteiger partial charge in [-0.3, -0.25) is 0 Å². The first-order valence-electron chi connectivity index (χ1n) is 8.61. The summed E-state index contributed by atoms with van der Waals surface area (Å²) < 4.78 is 26.3. The van der Waals surface area contributed by atoms with Gasteiger partial charge in [0.2, 0.25) is 0 Å². The molecule has 0 spiro atoms. The summed E-state index contributed by atoms with van der Waals surface area (Å²) in [5.41, 5.74) is 3.04. The smallest absolute Gasteiger partial charge is 0.165 e. The van der Waals surface area contributed by atoms with E-state index < -0.39 is 17.6 Å². The molecule has 0 fully saturated rings. The topological polar surface area (TPSA) is 35.5 Å². The number of rotatable bonds is 2. The second-order valence-corrected chi connectivity index (χ2v) is 12.2. The second kappa shape index (κ2) is 5.64. The normalized spacial score (nSPS) is 21.6. The van der Waals surface area contributed by atoms with Crippen molar-refractivity contribution in [3.63, 3.8) is 0 Å². The quantitative estimate of drug-likeness (QED) is 0.657. The first-order chi connectivity index (χ1) is 11.5. The van der Waals surface area contributed by atoms with Crippen LogP contribution >= 0.6 is 7.14 Å². The van der Waals surface area contributed by atoms with Crippen molar-refractivity contribution < 1.29 is 14.0 Å². The van der Waals surface area contributed by atoms with Crippen LogP contribution in [0.3, 0.4) is 0 Å². The summed E-state index contributed by atoms with van der Waals surface area (Å²) in [6.45, 7) is 12.1. The Labute approximate surface area is 150 Å². The summed E-state index contributed by atoms with van der Waals surface area (Å²) in [5.74, 6) is 1.52. The van der Waals surface area contributed by atoms with Crippen molar-refractivity contribution in [3.05, 3.63) is 42.0 Å². The van der Waals surface area contributed by atoms with Crippen LogP contribution in [0, 0.1) is 6.92 Å². The number of ether oxygens (including phenoxy) is 2. The highest BCUT2D eigenvalue weighted by atomic mass is 31.2. The van der Waals surface area contributed by atoms with Gasteiger partial charge in [-0.05, 0) is 38.5 Å². The van der Waals surface area contributed by atoms with E-state index in [0.29, 0.717) is 0 Å². The second-order valence-electron chi connectivity index (χ2n) is 8.13. The van der Waals surface area contributed by atoms with Crippen molar-refractivity contribution in [2.24, 2.45) is 0 Å². The minimum absolute atomic E-state index is 0.409. The lowest BCUT2D eigenvalue weighted by molar-refractivity contribution is 0.201. The maximum absolute atomic E-state index is 14.4. The Morgan fingerprint density at radius 1 is 1.08 bits per heavy atom. The number of benzene rings is 2. The number of aryl methyl sites for hydroxylation is 1. The highest BCUT2D eigenvalue weighted by molar-refractivity contribution is 7.75. The highest BCUT2D eigenvalue weighted by Crippen LogP contribution is 2.71. The lowest BCUT2D eigenvalue weighted by Gasteiger charge is -2.37. The molecule has 134 valence electrons. The van der Waals surface area contributed by atoms with E-state index >= 15 is 0 Å². The molecule has 0 unspecified atom stereocenters. The van der Waals surface area contributed by atoms with Crippen molar-refractivity contribution in [2.45, 2.75) is 52.0 Å². The fraction of sp³-hybridized carbons (Fsp3) is 0.429. The van der Waals surface area contributed by atoms with E-state index in [9.17, 15) is 4.57 Å². The molecule has 1 atom stereocenters. The van der Waals surface area contributed by atoms with Gasteiger partial charge in [-0.15, -0.1) is 0 Å². The fourth-order valence-electron chi connectivity index (χ4n) is 4.03. The van der Waals surface area contributed by atoms with Crippen LogP contribution in [0.1, 0.15) is 40.2 Å². The molecule has 1 aliphatic rings. The van der Waals surface area contributed by atoms with Gasteiger partial charge >= 0.3 is 0 Å². The zero-order valence-corrected chi connectivity index (χ0v) is 17.0. The molecule has 0 bridgehead atoms. The Balaban J connectivity index is 2.42. The molecule has 2 aromatic rings. The van der Waals surface area contributed by atoms with Gasteiger partial charge in [-0.25, -0.2) is 0 Å². The van der Waals surface area contributed by atoms with Gasteiger partial charge in [-0.1, -0.05) is 45.0 Å². The molecule has 4 heteroatoms. The number of fused-ring (bicyclic) bond motifs is 1. The zero-order valence-electron chi connectivity index (χ0n) is 16.1. The molecule has 0 saturated heterocycles. The van der Waals surface area contributed by atoms with Crippen LogP contribution in [0.4, 0.5) is 0 Å². The average Bonchev–Trinajstić information content (AvgIpc) is 2.74. The number of hydrogen-bond donors (Lipinski definition) is 0. The summed E-state index contributed by atoms with van der Waals surface area (Å²) in [7, 11) is -1.21. The lowest BCUT2D eigenvalue weighted by atomic mass is 9.99. The minimum atomic E-state index is -2.88. The number of hydrogen-bond acceptors (Lipinski definition) is 3. The molecule has 0 radical (unpaired) electrons. The average molecular weight is 358 g/mol. The van der Waals surface area contributed by atoms with E-state index in [0.717, 1.165) is 33.5 Å². The maximum atomic E-state index is 14.4. The molecule has 2 aromatic carbocycles. The van der Waals surface area contributed by atoms with Gasteiger partial charge in [0, 0.05) is 16.3 Å². The summed E-state index contributed by atoms with van der Waals surface area (Å²) in [4.78, 5) is 0. The van der Waals surface area contributed by atoms with Crippen molar-refractivity contribution in [1.29, 1.82) is 0 Å². The van der Waals surface area contributed by atoms with Crippen molar-refractivity contribution in [2.75, 3.05) is 7.11 Å². The van der Waals surface area contributed by atoms with E-state index in [1.54, 1.807) is 7.11 Å². The number of methoxy groups -OCH3 is 1. The van der Waals surface area contributed by atoms with Gasteiger partial charge in [0.05, 0.1) is 12.4 Å². The summed E-state index contributed by atoms with van der Waals surface area (Å²) in [5, 5.41) is -0.298. The first kappa shape index (κ1) is 18.1. The Kier molecular flexibility index (Phi) is 4.08. The van der Waals surface area contributed by atoms with E-state index in [1.807, 2.05) is 65.0 Å². The molecule has 25 heavy (non-hydrogen) atoms. The maximum Gasteiger partial charge on any atom is 0.165 e. The van der Waals surface area contributed by atoms with Crippen molar-refractivity contribution >= 4 is 12.4 Å².